The van der Waals surface area contributed by atoms with Gasteiger partial charge >= 0.3 is 18.0 Å². The van der Waals surface area contributed by atoms with E-state index in [4.69, 9.17) is 20.6 Å². The molecule has 1 unspecified atom stereocenters. The van der Waals surface area contributed by atoms with E-state index in [-0.39, 0.29) is 24.0 Å². The zero-order valence-corrected chi connectivity index (χ0v) is 12.0. The number of piperidine rings is 1. The minimum absolute atomic E-state index is 0.169. The highest BCUT2D eigenvalue weighted by molar-refractivity contribution is 5.97. The second-order valence-corrected chi connectivity index (χ2v) is 4.85. The Morgan fingerprint density at radius 2 is 2.14 bits per heavy atom. The maximum Gasteiger partial charge on any atom is 0.363 e. The molecule has 120 valence electrons. The number of nitrogens with two attached hydrogens (primary N) is 2. The number of anilines is 1. The summed E-state index contributed by atoms with van der Waals surface area (Å²) in [7, 11) is 0. The van der Waals surface area contributed by atoms with Gasteiger partial charge < -0.3 is 25.5 Å². The van der Waals surface area contributed by atoms with Gasteiger partial charge in [-0.05, 0) is 12.8 Å². The minimum atomic E-state index is -0.886. The fourth-order valence-electron chi connectivity index (χ4n) is 2.20. The van der Waals surface area contributed by atoms with Crippen molar-refractivity contribution in [3.63, 3.8) is 0 Å². The first kappa shape index (κ1) is 15.6. The number of ether oxygens (including phenoxy) is 1. The molecular weight excluding hydrogens is 294 g/mol. The normalized spacial score (nSPS) is 17.9. The number of esters is 1. The molecule has 0 bridgehead atoms. The first-order valence-electron chi connectivity index (χ1n) is 6.66. The number of primary amides is 2. The SMILES string of the molecule is Cc1nc(C(=O)OC2CCCN(C(N)=O)C2)c(NC(N)=O)o1. The monoisotopic (exact) mass is 311 g/mol. The van der Waals surface area contributed by atoms with Crippen LogP contribution in [0.2, 0.25) is 0 Å². The number of rotatable bonds is 3. The van der Waals surface area contributed by atoms with Crippen LogP contribution in [0.3, 0.4) is 0 Å². The zero-order valence-electron chi connectivity index (χ0n) is 12.0. The van der Waals surface area contributed by atoms with E-state index in [9.17, 15) is 14.4 Å². The molecule has 1 aromatic heterocycles. The molecule has 10 nitrogen and oxygen atoms in total. The van der Waals surface area contributed by atoms with Crippen LogP contribution in [0.25, 0.3) is 0 Å². The largest absolute Gasteiger partial charge is 0.456 e. The van der Waals surface area contributed by atoms with Crippen molar-refractivity contribution in [1.82, 2.24) is 9.88 Å². The number of likely N-dealkylation sites (tertiary alicyclic amines) is 1. The number of amides is 4. The summed E-state index contributed by atoms with van der Waals surface area (Å²) in [6.45, 7) is 2.26. The Morgan fingerprint density at radius 1 is 1.41 bits per heavy atom. The van der Waals surface area contributed by atoms with Crippen molar-refractivity contribution in [2.45, 2.75) is 25.9 Å². The van der Waals surface area contributed by atoms with Gasteiger partial charge in [0.15, 0.2) is 5.89 Å². The zero-order chi connectivity index (χ0) is 16.3. The predicted octanol–water partition coefficient (Wildman–Crippen LogP) is 0.174. The molecular formula is C12H17N5O5. The molecule has 0 saturated carbocycles. The Balaban J connectivity index is 2.06. The van der Waals surface area contributed by atoms with Gasteiger partial charge in [-0.25, -0.2) is 19.4 Å². The molecule has 1 aromatic rings. The number of nitrogens with one attached hydrogen (secondary N) is 1. The number of hydrogen-bond donors (Lipinski definition) is 3. The Kier molecular flexibility index (Phi) is 4.49. The lowest BCUT2D eigenvalue weighted by atomic mass is 10.1. The molecule has 1 aliphatic heterocycles. The average Bonchev–Trinajstić information content (AvgIpc) is 2.79. The van der Waals surface area contributed by atoms with Crippen molar-refractivity contribution in [2.24, 2.45) is 11.5 Å². The topological polar surface area (TPSA) is 154 Å². The van der Waals surface area contributed by atoms with Crippen LogP contribution in [0.1, 0.15) is 29.2 Å². The number of aromatic nitrogens is 1. The van der Waals surface area contributed by atoms with Crippen molar-refractivity contribution >= 4 is 23.9 Å². The highest BCUT2D eigenvalue weighted by Gasteiger charge is 2.28. The van der Waals surface area contributed by atoms with Gasteiger partial charge in [0.05, 0.1) is 6.54 Å². The van der Waals surface area contributed by atoms with E-state index in [0.29, 0.717) is 19.4 Å². The average molecular weight is 311 g/mol. The van der Waals surface area contributed by atoms with Crippen molar-refractivity contribution in [3.05, 3.63) is 11.6 Å². The summed E-state index contributed by atoms with van der Waals surface area (Å²) in [5.74, 6) is -0.757. The Hall–Kier alpha value is -2.78. The summed E-state index contributed by atoms with van der Waals surface area (Å²) in [6, 6.07) is -1.45. The van der Waals surface area contributed by atoms with Gasteiger partial charge in [0.1, 0.15) is 6.10 Å². The highest BCUT2D eigenvalue weighted by Crippen LogP contribution is 2.20. The van der Waals surface area contributed by atoms with E-state index in [1.54, 1.807) is 0 Å². The molecule has 1 atom stereocenters. The molecule has 0 radical (unpaired) electrons. The standard InChI is InChI=1S/C12H17N5O5/c1-6-15-8(9(21-6)16-11(13)19)10(18)22-7-3-2-4-17(5-7)12(14)20/h7H,2-5H2,1H3,(H2,14,20)(H3,13,16,19). The molecule has 1 fully saturated rings. The Labute approximate surface area is 125 Å². The predicted molar refractivity (Wildman–Crippen MR) is 74.0 cm³/mol. The smallest absolute Gasteiger partial charge is 0.363 e. The molecule has 4 amide bonds. The lowest BCUT2D eigenvalue weighted by molar-refractivity contribution is 0.0123. The van der Waals surface area contributed by atoms with Crippen LogP contribution >= 0.6 is 0 Å². The second kappa shape index (κ2) is 6.33. The van der Waals surface area contributed by atoms with E-state index in [0.717, 1.165) is 0 Å². The van der Waals surface area contributed by atoms with Crippen LogP contribution < -0.4 is 16.8 Å². The third-order valence-electron chi connectivity index (χ3n) is 3.13. The van der Waals surface area contributed by atoms with Crippen molar-refractivity contribution in [1.29, 1.82) is 0 Å². The van der Waals surface area contributed by atoms with Crippen LogP contribution in [0.5, 0.6) is 0 Å². The molecule has 0 aliphatic carbocycles. The van der Waals surface area contributed by atoms with Crippen LogP contribution in [0.4, 0.5) is 15.5 Å². The van der Waals surface area contributed by atoms with Gasteiger partial charge in [0.2, 0.25) is 11.6 Å². The Morgan fingerprint density at radius 3 is 2.77 bits per heavy atom. The number of urea groups is 2. The maximum absolute atomic E-state index is 12.1. The molecule has 10 heteroatoms. The van der Waals surface area contributed by atoms with Crippen molar-refractivity contribution < 1.29 is 23.5 Å². The molecule has 2 rings (SSSR count). The highest BCUT2D eigenvalue weighted by atomic mass is 16.5. The summed E-state index contributed by atoms with van der Waals surface area (Å²) in [5.41, 5.74) is 10.0. The van der Waals surface area contributed by atoms with Gasteiger partial charge in [-0.15, -0.1) is 0 Å². The molecule has 1 saturated heterocycles. The molecule has 0 aromatic carbocycles. The van der Waals surface area contributed by atoms with Crippen LogP contribution in [-0.4, -0.2) is 47.1 Å². The quantitative estimate of drug-likeness (QED) is 0.676. The first-order valence-corrected chi connectivity index (χ1v) is 6.66. The first-order chi connectivity index (χ1) is 10.4. The third kappa shape index (κ3) is 3.65. The molecule has 2 heterocycles. The van der Waals surface area contributed by atoms with E-state index < -0.39 is 24.1 Å². The van der Waals surface area contributed by atoms with Gasteiger partial charge in [0.25, 0.3) is 0 Å². The van der Waals surface area contributed by atoms with Crippen LogP contribution in [-0.2, 0) is 4.74 Å². The lowest BCUT2D eigenvalue weighted by Crippen LogP contribution is -2.46. The van der Waals surface area contributed by atoms with Gasteiger partial charge in [0, 0.05) is 13.5 Å². The minimum Gasteiger partial charge on any atom is -0.456 e. The number of oxazole rings is 1. The van der Waals surface area contributed by atoms with E-state index >= 15 is 0 Å². The number of carbonyl (C=O) groups excluding carboxylic acids is 3. The molecule has 22 heavy (non-hydrogen) atoms. The summed E-state index contributed by atoms with van der Waals surface area (Å²) in [6.07, 6.45) is 0.781. The number of nitrogens with zero attached hydrogens (tertiary/aromatic N) is 2. The van der Waals surface area contributed by atoms with E-state index in [1.807, 2.05) is 0 Å². The fourth-order valence-corrected chi connectivity index (χ4v) is 2.20. The fraction of sp³-hybridized carbons (Fsp3) is 0.500. The van der Waals surface area contributed by atoms with Gasteiger partial charge in [-0.2, -0.15) is 0 Å². The summed E-state index contributed by atoms with van der Waals surface area (Å²) >= 11 is 0. The second-order valence-electron chi connectivity index (χ2n) is 4.85. The number of carbonyl (C=O) groups is 3. The number of aryl methyl sites for hydroxylation is 1. The lowest BCUT2D eigenvalue weighted by Gasteiger charge is -2.30. The number of hydrogen-bond acceptors (Lipinski definition) is 6. The van der Waals surface area contributed by atoms with Crippen LogP contribution in [0, 0.1) is 6.92 Å². The summed E-state index contributed by atoms with van der Waals surface area (Å²) in [4.78, 5) is 39.4. The maximum atomic E-state index is 12.1. The molecule has 1 aliphatic rings. The van der Waals surface area contributed by atoms with Crippen molar-refractivity contribution in [3.8, 4) is 0 Å². The van der Waals surface area contributed by atoms with E-state index in [1.165, 1.54) is 11.8 Å². The third-order valence-corrected chi connectivity index (χ3v) is 3.13. The van der Waals surface area contributed by atoms with Crippen molar-refractivity contribution in [2.75, 3.05) is 18.4 Å². The summed E-state index contributed by atoms with van der Waals surface area (Å²) in [5, 5.41) is 2.16. The molecule has 5 N–H and O–H groups in total. The molecule has 0 spiro atoms. The Bertz CT molecular complexity index is 599. The van der Waals surface area contributed by atoms with Gasteiger partial charge in [-0.3, -0.25) is 5.32 Å². The van der Waals surface area contributed by atoms with E-state index in [2.05, 4.69) is 10.3 Å². The van der Waals surface area contributed by atoms with Gasteiger partial charge in [-0.1, -0.05) is 0 Å². The summed E-state index contributed by atoms with van der Waals surface area (Å²) < 4.78 is 10.4. The van der Waals surface area contributed by atoms with Crippen LogP contribution in [0.15, 0.2) is 4.42 Å².